The molecule has 0 radical (unpaired) electrons. The summed E-state index contributed by atoms with van der Waals surface area (Å²) in [5, 5.41) is 38.6. The number of aromatic carboxylic acids is 1. The number of aliphatic hydroxyl groups is 3. The van der Waals surface area contributed by atoms with E-state index < -0.39 is 48.6 Å². The fourth-order valence-electron chi connectivity index (χ4n) is 1.62. The van der Waals surface area contributed by atoms with Crippen LogP contribution in [-0.2, 0) is 6.18 Å². The van der Waals surface area contributed by atoms with Gasteiger partial charge in [0.2, 0.25) is 0 Å². The number of rotatable bonds is 6. The van der Waals surface area contributed by atoms with Gasteiger partial charge in [-0.15, -0.1) is 0 Å². The van der Waals surface area contributed by atoms with Crippen LogP contribution in [0.1, 0.15) is 15.9 Å². The van der Waals surface area contributed by atoms with Crippen molar-refractivity contribution in [1.29, 1.82) is 0 Å². The Morgan fingerprint density at radius 1 is 1.10 bits per heavy atom. The van der Waals surface area contributed by atoms with E-state index in [0.29, 0.717) is 6.07 Å². The van der Waals surface area contributed by atoms with Crippen LogP contribution in [0.3, 0.4) is 0 Å². The predicted octanol–water partition coefficient (Wildman–Crippen LogP) is 0.531. The number of carboxylic acids is 1. The van der Waals surface area contributed by atoms with Crippen molar-refractivity contribution in [2.24, 2.45) is 0 Å². The van der Waals surface area contributed by atoms with Gasteiger partial charge in [0.25, 0.3) is 0 Å². The van der Waals surface area contributed by atoms with Crippen molar-refractivity contribution >= 4 is 11.7 Å². The number of halogens is 3. The summed E-state index contributed by atoms with van der Waals surface area (Å²) >= 11 is 0. The molecule has 118 valence electrons. The average molecular weight is 309 g/mol. The number of hydrogen-bond acceptors (Lipinski definition) is 5. The van der Waals surface area contributed by atoms with Crippen LogP contribution >= 0.6 is 0 Å². The van der Waals surface area contributed by atoms with E-state index in [4.69, 9.17) is 20.4 Å². The van der Waals surface area contributed by atoms with E-state index in [-0.39, 0.29) is 5.69 Å². The van der Waals surface area contributed by atoms with Crippen molar-refractivity contribution in [1.82, 2.24) is 0 Å². The Balaban J connectivity index is 3.24. The van der Waals surface area contributed by atoms with E-state index >= 15 is 0 Å². The zero-order valence-electron chi connectivity index (χ0n) is 10.7. The van der Waals surface area contributed by atoms with Gasteiger partial charge >= 0.3 is 12.1 Å². The fourth-order valence-corrected chi connectivity index (χ4v) is 1.62. The van der Waals surface area contributed by atoms with Crippen LogP contribution in [0.15, 0.2) is 18.2 Å². The molecule has 1 aromatic carbocycles. The highest BCUT2D eigenvalue weighted by molar-refractivity contribution is 5.91. The number of anilines is 1. The number of nitrogens with one attached hydrogen (secondary N) is 1. The number of aliphatic hydroxyl groups excluding tert-OH is 3. The Morgan fingerprint density at radius 2 is 1.62 bits per heavy atom. The van der Waals surface area contributed by atoms with E-state index in [1.54, 1.807) is 0 Å². The van der Waals surface area contributed by atoms with Gasteiger partial charge in [-0.25, -0.2) is 4.79 Å². The first-order valence-electron chi connectivity index (χ1n) is 5.74. The molecule has 0 atom stereocenters. The first-order valence-corrected chi connectivity index (χ1v) is 5.74. The lowest BCUT2D eigenvalue weighted by Gasteiger charge is -2.30. The molecule has 0 spiro atoms. The maximum atomic E-state index is 12.7. The lowest BCUT2D eigenvalue weighted by molar-refractivity contribution is -0.138. The minimum absolute atomic E-state index is 0.0856. The second-order valence-corrected chi connectivity index (χ2v) is 4.44. The van der Waals surface area contributed by atoms with Crippen molar-refractivity contribution in [3.63, 3.8) is 0 Å². The maximum Gasteiger partial charge on any atom is 0.417 e. The molecular formula is C12H14F3NO5. The number of carboxylic acid groups (broad SMARTS) is 1. The van der Waals surface area contributed by atoms with Gasteiger partial charge in [-0.05, 0) is 18.2 Å². The van der Waals surface area contributed by atoms with Crippen LogP contribution in [0.25, 0.3) is 0 Å². The summed E-state index contributed by atoms with van der Waals surface area (Å²) in [7, 11) is 0. The van der Waals surface area contributed by atoms with E-state index in [9.17, 15) is 18.0 Å². The standard InChI is InChI=1S/C12H14F3NO5/c13-12(14,15)9-2-1-7(3-8(9)10(20)21)16-11(4-17,5-18)6-19/h1-3,16-19H,4-6H2,(H,20,21). The summed E-state index contributed by atoms with van der Waals surface area (Å²) < 4.78 is 38.0. The monoisotopic (exact) mass is 309 g/mol. The maximum absolute atomic E-state index is 12.7. The summed E-state index contributed by atoms with van der Waals surface area (Å²) in [6, 6.07) is 2.24. The zero-order valence-corrected chi connectivity index (χ0v) is 10.7. The second-order valence-electron chi connectivity index (χ2n) is 4.44. The number of benzene rings is 1. The normalized spacial score (nSPS) is 12.3. The zero-order chi connectivity index (χ0) is 16.3. The summed E-state index contributed by atoms with van der Waals surface area (Å²) in [4.78, 5) is 10.9. The predicted molar refractivity (Wildman–Crippen MR) is 66.0 cm³/mol. The summed E-state index contributed by atoms with van der Waals surface area (Å²) in [6.07, 6.45) is -4.83. The molecule has 0 aliphatic carbocycles. The van der Waals surface area contributed by atoms with Gasteiger partial charge in [-0.3, -0.25) is 0 Å². The van der Waals surface area contributed by atoms with E-state index in [1.807, 2.05) is 0 Å². The lowest BCUT2D eigenvalue weighted by Crippen LogP contribution is -2.49. The molecule has 6 nitrogen and oxygen atoms in total. The Morgan fingerprint density at radius 3 is 2.00 bits per heavy atom. The minimum atomic E-state index is -4.83. The first-order chi connectivity index (χ1) is 9.69. The van der Waals surface area contributed by atoms with E-state index in [1.165, 1.54) is 0 Å². The van der Waals surface area contributed by atoms with Gasteiger partial charge in [0, 0.05) is 5.69 Å². The van der Waals surface area contributed by atoms with Gasteiger partial charge in [0.15, 0.2) is 0 Å². The van der Waals surface area contributed by atoms with Crippen molar-refractivity contribution in [2.75, 3.05) is 25.1 Å². The summed E-state index contributed by atoms with van der Waals surface area (Å²) in [6.45, 7) is -2.11. The highest BCUT2D eigenvalue weighted by Gasteiger charge is 2.36. The second kappa shape index (κ2) is 6.29. The molecule has 0 unspecified atom stereocenters. The quantitative estimate of drug-likeness (QED) is 0.524. The average Bonchev–Trinajstić information content (AvgIpc) is 2.43. The van der Waals surface area contributed by atoms with Crippen LogP contribution < -0.4 is 5.32 Å². The molecule has 0 aromatic heterocycles. The van der Waals surface area contributed by atoms with E-state index in [0.717, 1.165) is 12.1 Å². The molecule has 0 aliphatic rings. The molecule has 5 N–H and O–H groups in total. The van der Waals surface area contributed by atoms with Crippen molar-refractivity contribution in [3.8, 4) is 0 Å². The van der Waals surface area contributed by atoms with Gasteiger partial charge < -0.3 is 25.7 Å². The highest BCUT2D eigenvalue weighted by Crippen LogP contribution is 2.33. The third kappa shape index (κ3) is 3.84. The molecule has 1 rings (SSSR count). The molecule has 0 heterocycles. The molecule has 0 aliphatic heterocycles. The molecule has 0 bridgehead atoms. The Bertz CT molecular complexity index is 506. The molecule has 0 amide bonds. The van der Waals surface area contributed by atoms with Crippen LogP contribution in [0, 0.1) is 0 Å². The molecular weight excluding hydrogens is 295 g/mol. The van der Waals surface area contributed by atoms with Crippen molar-refractivity contribution in [3.05, 3.63) is 29.3 Å². The fraction of sp³-hybridized carbons (Fsp3) is 0.417. The summed E-state index contributed by atoms with van der Waals surface area (Å²) in [5.41, 5.74) is -3.95. The van der Waals surface area contributed by atoms with Crippen molar-refractivity contribution in [2.45, 2.75) is 11.7 Å². The van der Waals surface area contributed by atoms with Gasteiger partial charge in [-0.1, -0.05) is 0 Å². The lowest BCUT2D eigenvalue weighted by atomic mass is 10.0. The molecule has 9 heteroatoms. The Kier molecular flexibility index (Phi) is 5.15. The molecule has 1 aromatic rings. The highest BCUT2D eigenvalue weighted by atomic mass is 19.4. The minimum Gasteiger partial charge on any atom is -0.478 e. The van der Waals surface area contributed by atoms with Crippen LogP contribution in [0.4, 0.5) is 18.9 Å². The number of hydrogen-bond donors (Lipinski definition) is 5. The van der Waals surface area contributed by atoms with E-state index in [2.05, 4.69) is 5.32 Å². The van der Waals surface area contributed by atoms with Crippen LogP contribution in [-0.4, -0.2) is 51.8 Å². The van der Waals surface area contributed by atoms with Crippen LogP contribution in [0.2, 0.25) is 0 Å². The van der Waals surface area contributed by atoms with Gasteiger partial charge in [0.05, 0.1) is 30.9 Å². The van der Waals surface area contributed by atoms with Crippen molar-refractivity contribution < 1.29 is 38.4 Å². The first kappa shape index (κ1) is 17.2. The SMILES string of the molecule is O=C(O)c1cc(NC(CO)(CO)CO)ccc1C(F)(F)F. The molecule has 0 fully saturated rings. The Hall–Kier alpha value is -1.84. The van der Waals surface area contributed by atoms with Crippen LogP contribution in [0.5, 0.6) is 0 Å². The number of carbonyl (C=O) groups is 1. The Labute approximate surface area is 117 Å². The molecule has 0 saturated carbocycles. The third-order valence-corrected chi connectivity index (χ3v) is 2.87. The summed E-state index contributed by atoms with van der Waals surface area (Å²) in [5.74, 6) is -1.77. The topological polar surface area (TPSA) is 110 Å². The molecule has 21 heavy (non-hydrogen) atoms. The van der Waals surface area contributed by atoms with Gasteiger partial charge in [-0.2, -0.15) is 13.2 Å². The van der Waals surface area contributed by atoms with Gasteiger partial charge in [0.1, 0.15) is 5.54 Å². The third-order valence-electron chi connectivity index (χ3n) is 2.87. The smallest absolute Gasteiger partial charge is 0.417 e. The largest absolute Gasteiger partial charge is 0.478 e. The molecule has 0 saturated heterocycles. The number of alkyl halides is 3.